The maximum absolute atomic E-state index is 5.66. The van der Waals surface area contributed by atoms with E-state index >= 15 is 0 Å². The molecule has 0 bridgehead atoms. The Balaban J connectivity index is 2.49. The molecule has 0 aromatic heterocycles. The lowest BCUT2D eigenvalue weighted by molar-refractivity contribution is 1.32. The van der Waals surface area contributed by atoms with Crippen LogP contribution in [0, 0.1) is 0 Å². The van der Waals surface area contributed by atoms with Crippen molar-refractivity contribution in [1.29, 1.82) is 0 Å². The molecule has 13 heavy (non-hydrogen) atoms. The number of halogens is 2. The maximum Gasteiger partial charge on any atom is 0.0474 e. The minimum atomic E-state index is 0.557. The molecule has 1 aromatic rings. The fraction of sp³-hybridized carbons (Fsp3) is 0.200. The van der Waals surface area contributed by atoms with Crippen molar-refractivity contribution in [3.05, 3.63) is 41.4 Å². The summed E-state index contributed by atoms with van der Waals surface area (Å²) in [7, 11) is 0. The largest absolute Gasteiger partial charge is 0.382 e. The van der Waals surface area contributed by atoms with Crippen LogP contribution in [-0.4, -0.2) is 6.54 Å². The minimum absolute atomic E-state index is 0.557. The van der Waals surface area contributed by atoms with Crippen LogP contribution < -0.4 is 5.32 Å². The van der Waals surface area contributed by atoms with E-state index < -0.39 is 0 Å². The van der Waals surface area contributed by atoms with Gasteiger partial charge in [0, 0.05) is 23.6 Å². The number of alkyl halides is 1. The predicted molar refractivity (Wildman–Crippen MR) is 59.5 cm³/mol. The van der Waals surface area contributed by atoms with Gasteiger partial charge < -0.3 is 5.32 Å². The smallest absolute Gasteiger partial charge is 0.0474 e. The summed E-state index contributed by atoms with van der Waals surface area (Å²) in [5, 5.41) is 3.18. The molecule has 0 radical (unpaired) electrons. The Morgan fingerprint density at radius 1 is 1.23 bits per heavy atom. The average Bonchev–Trinajstić information content (AvgIpc) is 2.19. The quantitative estimate of drug-likeness (QED) is 0.758. The van der Waals surface area contributed by atoms with E-state index in [4.69, 9.17) is 23.2 Å². The summed E-state index contributed by atoms with van der Waals surface area (Å²) in [4.78, 5) is 0. The second kappa shape index (κ2) is 5.90. The van der Waals surface area contributed by atoms with Gasteiger partial charge in [-0.25, -0.2) is 0 Å². The van der Waals surface area contributed by atoms with E-state index in [1.165, 1.54) is 5.54 Å². The Hall–Kier alpha value is -0.660. The summed E-state index contributed by atoms with van der Waals surface area (Å²) in [6.45, 7) is 0.740. The molecular weight excluding hydrogens is 205 g/mol. The predicted octanol–water partition coefficient (Wildman–Crippen LogP) is 3.59. The van der Waals surface area contributed by atoms with Gasteiger partial charge in [-0.2, -0.15) is 0 Å². The molecule has 1 aromatic carbocycles. The van der Waals surface area contributed by atoms with Gasteiger partial charge >= 0.3 is 0 Å². The standard InChI is InChI=1S/C10H11Cl2N/c11-6-1-7-13-10-4-2-9(8-12)3-5-10/h1-6,13H,7-8H2/b6-1+. The van der Waals surface area contributed by atoms with Crippen molar-refractivity contribution in [2.45, 2.75) is 5.88 Å². The molecule has 0 aliphatic rings. The third-order valence-corrected chi connectivity index (χ3v) is 2.11. The number of rotatable bonds is 4. The first-order valence-corrected chi connectivity index (χ1v) is 4.98. The Bertz CT molecular complexity index is 267. The van der Waals surface area contributed by atoms with E-state index in [1.54, 1.807) is 0 Å². The summed E-state index contributed by atoms with van der Waals surface area (Å²) in [5.74, 6) is 0.557. The molecule has 0 unspecified atom stereocenters. The highest BCUT2D eigenvalue weighted by atomic mass is 35.5. The zero-order chi connectivity index (χ0) is 9.52. The summed E-state index contributed by atoms with van der Waals surface area (Å²) in [6, 6.07) is 8.00. The third kappa shape index (κ3) is 3.71. The molecule has 0 saturated heterocycles. The zero-order valence-corrected chi connectivity index (χ0v) is 8.65. The fourth-order valence-electron chi connectivity index (χ4n) is 0.933. The average molecular weight is 216 g/mol. The first kappa shape index (κ1) is 10.4. The Kier molecular flexibility index (Phi) is 4.73. The fourth-order valence-corrected chi connectivity index (χ4v) is 1.20. The van der Waals surface area contributed by atoms with E-state index in [9.17, 15) is 0 Å². The Labute approximate surface area is 88.4 Å². The number of hydrogen-bond acceptors (Lipinski definition) is 1. The highest BCUT2D eigenvalue weighted by Gasteiger charge is 1.90. The van der Waals surface area contributed by atoms with E-state index in [1.807, 2.05) is 30.3 Å². The molecule has 1 nitrogen and oxygen atoms in total. The molecule has 0 aliphatic carbocycles. The van der Waals surface area contributed by atoms with E-state index in [2.05, 4.69) is 5.32 Å². The summed E-state index contributed by atoms with van der Waals surface area (Å²) >= 11 is 11.0. The first-order valence-electron chi connectivity index (χ1n) is 4.01. The maximum atomic E-state index is 5.66. The first-order chi connectivity index (χ1) is 6.36. The van der Waals surface area contributed by atoms with Crippen LogP contribution in [0.15, 0.2) is 35.9 Å². The molecule has 70 valence electrons. The van der Waals surface area contributed by atoms with Crippen LogP contribution in [-0.2, 0) is 5.88 Å². The summed E-state index contributed by atoms with van der Waals surface area (Å²) in [6.07, 6.45) is 1.84. The number of hydrogen-bond donors (Lipinski definition) is 1. The lowest BCUT2D eigenvalue weighted by Crippen LogP contribution is -1.97. The number of nitrogens with one attached hydrogen (secondary N) is 1. The topological polar surface area (TPSA) is 12.0 Å². The molecule has 0 spiro atoms. The van der Waals surface area contributed by atoms with Crippen molar-refractivity contribution < 1.29 is 0 Å². The van der Waals surface area contributed by atoms with Crippen molar-refractivity contribution in [2.24, 2.45) is 0 Å². The van der Waals surface area contributed by atoms with Gasteiger partial charge in [0.2, 0.25) is 0 Å². The van der Waals surface area contributed by atoms with Crippen molar-refractivity contribution >= 4 is 28.9 Å². The van der Waals surface area contributed by atoms with E-state index in [0.717, 1.165) is 17.8 Å². The molecule has 0 fully saturated rings. The van der Waals surface area contributed by atoms with Gasteiger partial charge in [0.15, 0.2) is 0 Å². The van der Waals surface area contributed by atoms with E-state index in [-0.39, 0.29) is 0 Å². The lowest BCUT2D eigenvalue weighted by Gasteiger charge is -2.03. The molecule has 0 amide bonds. The molecule has 1 N–H and O–H groups in total. The van der Waals surface area contributed by atoms with Crippen LogP contribution in [0.5, 0.6) is 0 Å². The van der Waals surface area contributed by atoms with Crippen LogP contribution in [0.4, 0.5) is 5.69 Å². The van der Waals surface area contributed by atoms with Gasteiger partial charge in [-0.1, -0.05) is 29.8 Å². The summed E-state index contributed by atoms with van der Waals surface area (Å²) in [5.41, 5.74) is 3.70. The highest BCUT2D eigenvalue weighted by molar-refractivity contribution is 6.25. The second-order valence-corrected chi connectivity index (χ2v) is 3.09. The zero-order valence-electron chi connectivity index (χ0n) is 7.13. The normalized spacial score (nSPS) is 10.6. The molecule has 0 atom stereocenters. The number of benzene rings is 1. The van der Waals surface area contributed by atoms with Crippen molar-refractivity contribution in [3.8, 4) is 0 Å². The van der Waals surface area contributed by atoms with Gasteiger partial charge in [-0.3, -0.25) is 0 Å². The van der Waals surface area contributed by atoms with Crippen LogP contribution in [0.25, 0.3) is 0 Å². The molecular formula is C10H11Cl2N. The van der Waals surface area contributed by atoms with Gasteiger partial charge in [-0.15, -0.1) is 11.6 Å². The SMILES string of the molecule is Cl/C=C/CNc1ccc(CCl)cc1. The lowest BCUT2D eigenvalue weighted by atomic mass is 10.2. The Morgan fingerprint density at radius 3 is 2.46 bits per heavy atom. The van der Waals surface area contributed by atoms with Crippen molar-refractivity contribution in [3.63, 3.8) is 0 Å². The van der Waals surface area contributed by atoms with Crippen molar-refractivity contribution in [1.82, 2.24) is 0 Å². The highest BCUT2D eigenvalue weighted by Crippen LogP contribution is 2.10. The Morgan fingerprint density at radius 2 is 1.92 bits per heavy atom. The van der Waals surface area contributed by atoms with Gasteiger partial charge in [0.05, 0.1) is 0 Å². The molecule has 0 heterocycles. The van der Waals surface area contributed by atoms with Crippen molar-refractivity contribution in [2.75, 3.05) is 11.9 Å². The van der Waals surface area contributed by atoms with E-state index in [0.29, 0.717) is 5.88 Å². The molecule has 1 rings (SSSR count). The van der Waals surface area contributed by atoms with Crippen LogP contribution >= 0.6 is 23.2 Å². The van der Waals surface area contributed by atoms with Gasteiger partial charge in [0.1, 0.15) is 0 Å². The third-order valence-electron chi connectivity index (χ3n) is 1.62. The minimum Gasteiger partial charge on any atom is -0.382 e. The van der Waals surface area contributed by atoms with Crippen LogP contribution in [0.1, 0.15) is 5.56 Å². The van der Waals surface area contributed by atoms with Gasteiger partial charge in [0.25, 0.3) is 0 Å². The summed E-state index contributed by atoms with van der Waals surface area (Å²) < 4.78 is 0. The van der Waals surface area contributed by atoms with Crippen LogP contribution in [0.3, 0.4) is 0 Å². The van der Waals surface area contributed by atoms with Gasteiger partial charge in [-0.05, 0) is 17.7 Å². The second-order valence-electron chi connectivity index (χ2n) is 2.57. The monoisotopic (exact) mass is 215 g/mol. The number of anilines is 1. The van der Waals surface area contributed by atoms with Crippen LogP contribution in [0.2, 0.25) is 0 Å². The molecule has 3 heteroatoms. The molecule has 0 aliphatic heterocycles. The molecule has 0 saturated carbocycles.